The van der Waals surface area contributed by atoms with E-state index in [1.165, 1.54) is 4.90 Å². The Kier molecular flexibility index (Phi) is 3.26. The Balaban J connectivity index is 1.81. The molecule has 0 aromatic heterocycles. The lowest BCUT2D eigenvalue weighted by atomic mass is 10.0. The van der Waals surface area contributed by atoms with Crippen molar-refractivity contribution in [1.82, 2.24) is 4.90 Å². The second-order valence-corrected chi connectivity index (χ2v) is 6.42. The van der Waals surface area contributed by atoms with E-state index in [1.807, 2.05) is 0 Å². The predicted molar refractivity (Wildman–Crippen MR) is 76.0 cm³/mol. The molecule has 0 radical (unpaired) electrons. The molecule has 4 rings (SSSR count). The SMILES string of the molecule is O=C1[C@H]2C3C=CC(C3)N2C(=O)N1c1cc(C(F)(F)F)cc(C(F)(F)F)c1. The maximum atomic E-state index is 13.0. The van der Waals surface area contributed by atoms with Gasteiger partial charge in [0, 0.05) is 5.92 Å². The summed E-state index contributed by atoms with van der Waals surface area (Å²) in [7, 11) is 0. The van der Waals surface area contributed by atoms with Crippen molar-refractivity contribution < 1.29 is 35.9 Å². The van der Waals surface area contributed by atoms with Crippen LogP contribution in [0.2, 0.25) is 0 Å². The number of anilines is 1. The number of hydrogen-bond donors (Lipinski definition) is 0. The van der Waals surface area contributed by atoms with Crippen molar-refractivity contribution in [2.24, 2.45) is 5.92 Å². The molecule has 1 aromatic rings. The zero-order valence-electron chi connectivity index (χ0n) is 12.8. The molecule has 2 bridgehead atoms. The van der Waals surface area contributed by atoms with Gasteiger partial charge in [0.2, 0.25) is 0 Å². The molecule has 4 nitrogen and oxygen atoms in total. The highest BCUT2D eigenvalue weighted by molar-refractivity contribution is 6.22. The molecule has 10 heteroatoms. The van der Waals surface area contributed by atoms with Crippen molar-refractivity contribution >= 4 is 17.6 Å². The third-order valence-electron chi connectivity index (χ3n) is 4.87. The Morgan fingerprint density at radius 1 is 0.885 bits per heavy atom. The molecule has 3 aliphatic rings. The van der Waals surface area contributed by atoms with Crippen LogP contribution in [0.5, 0.6) is 0 Å². The van der Waals surface area contributed by atoms with Crippen LogP contribution >= 0.6 is 0 Å². The highest BCUT2D eigenvalue weighted by Gasteiger charge is 2.57. The van der Waals surface area contributed by atoms with E-state index in [0.29, 0.717) is 23.5 Å². The van der Waals surface area contributed by atoms with Crippen molar-refractivity contribution in [3.8, 4) is 0 Å². The first-order valence-electron chi connectivity index (χ1n) is 7.62. The van der Waals surface area contributed by atoms with E-state index in [4.69, 9.17) is 0 Å². The van der Waals surface area contributed by atoms with Gasteiger partial charge in [-0.25, -0.2) is 9.69 Å². The van der Waals surface area contributed by atoms with E-state index in [-0.39, 0.29) is 18.0 Å². The minimum Gasteiger partial charge on any atom is -0.305 e. The Bertz CT molecular complexity index is 782. The number of nitrogens with zero attached hydrogens (tertiary/aromatic N) is 2. The number of benzene rings is 1. The van der Waals surface area contributed by atoms with Gasteiger partial charge in [0.15, 0.2) is 0 Å². The molecule has 1 aliphatic carbocycles. The molecule has 138 valence electrons. The number of fused-ring (bicyclic) bond motifs is 5. The van der Waals surface area contributed by atoms with E-state index in [2.05, 4.69) is 0 Å². The highest BCUT2D eigenvalue weighted by atomic mass is 19.4. The first kappa shape index (κ1) is 16.9. The molecule has 0 spiro atoms. The van der Waals surface area contributed by atoms with Crippen LogP contribution in [-0.4, -0.2) is 28.9 Å². The molecule has 26 heavy (non-hydrogen) atoms. The number of halogens is 6. The lowest BCUT2D eigenvalue weighted by Crippen LogP contribution is -2.38. The number of alkyl halides is 6. The predicted octanol–water partition coefficient (Wildman–Crippen LogP) is 3.82. The van der Waals surface area contributed by atoms with Gasteiger partial charge >= 0.3 is 18.4 Å². The van der Waals surface area contributed by atoms with E-state index >= 15 is 0 Å². The van der Waals surface area contributed by atoms with Crippen molar-refractivity contribution in [3.05, 3.63) is 41.5 Å². The monoisotopic (exact) mass is 376 g/mol. The summed E-state index contributed by atoms with van der Waals surface area (Å²) in [6.45, 7) is 0. The van der Waals surface area contributed by atoms with E-state index < -0.39 is 47.1 Å². The van der Waals surface area contributed by atoms with Crippen molar-refractivity contribution in [3.63, 3.8) is 0 Å². The van der Waals surface area contributed by atoms with Gasteiger partial charge < -0.3 is 4.90 Å². The maximum Gasteiger partial charge on any atom is 0.416 e. The Hall–Kier alpha value is -2.52. The number of rotatable bonds is 1. The molecule has 3 amide bonds. The second kappa shape index (κ2) is 5.01. The summed E-state index contributed by atoms with van der Waals surface area (Å²) in [6, 6.07) is -1.39. The lowest BCUT2D eigenvalue weighted by Gasteiger charge is -2.22. The summed E-state index contributed by atoms with van der Waals surface area (Å²) in [5.41, 5.74) is -3.87. The third-order valence-corrected chi connectivity index (χ3v) is 4.87. The molecule has 1 aromatic carbocycles. The van der Waals surface area contributed by atoms with Crippen LogP contribution in [0.25, 0.3) is 0 Å². The molecule has 2 unspecified atom stereocenters. The third kappa shape index (κ3) is 2.31. The first-order valence-corrected chi connectivity index (χ1v) is 7.62. The van der Waals surface area contributed by atoms with Crippen LogP contribution in [0.4, 0.5) is 36.8 Å². The van der Waals surface area contributed by atoms with Crippen LogP contribution in [0.1, 0.15) is 17.5 Å². The minimum absolute atomic E-state index is 0.0408. The van der Waals surface area contributed by atoms with E-state index in [1.54, 1.807) is 12.2 Å². The van der Waals surface area contributed by atoms with Gasteiger partial charge in [-0.1, -0.05) is 12.2 Å². The summed E-state index contributed by atoms with van der Waals surface area (Å²) < 4.78 is 78.0. The Morgan fingerprint density at radius 3 is 1.96 bits per heavy atom. The molecule has 2 saturated heterocycles. The van der Waals surface area contributed by atoms with E-state index in [9.17, 15) is 35.9 Å². The summed E-state index contributed by atoms with van der Waals surface area (Å²) in [6.07, 6.45) is -6.12. The number of hydrogen-bond acceptors (Lipinski definition) is 2. The van der Waals surface area contributed by atoms with Gasteiger partial charge in [-0.3, -0.25) is 4.79 Å². The van der Waals surface area contributed by atoms with Gasteiger partial charge in [0.25, 0.3) is 5.91 Å². The maximum absolute atomic E-state index is 13.0. The zero-order valence-corrected chi connectivity index (χ0v) is 12.8. The van der Waals surface area contributed by atoms with Gasteiger partial charge in [-0.2, -0.15) is 26.3 Å². The number of urea groups is 1. The van der Waals surface area contributed by atoms with Crippen molar-refractivity contribution in [2.45, 2.75) is 30.9 Å². The molecule has 0 N–H and O–H groups in total. The van der Waals surface area contributed by atoms with Crippen LogP contribution < -0.4 is 4.90 Å². The number of imide groups is 1. The molecular formula is C16H10F6N2O2. The number of amides is 3. The summed E-state index contributed by atoms with van der Waals surface area (Å²) >= 11 is 0. The lowest BCUT2D eigenvalue weighted by molar-refractivity contribution is -0.143. The first-order chi connectivity index (χ1) is 12.0. The molecule has 2 aliphatic heterocycles. The summed E-state index contributed by atoms with van der Waals surface area (Å²) in [5, 5.41) is 0. The topological polar surface area (TPSA) is 40.6 Å². The zero-order chi connectivity index (χ0) is 19.0. The van der Waals surface area contributed by atoms with Crippen LogP contribution in [-0.2, 0) is 17.1 Å². The van der Waals surface area contributed by atoms with Crippen LogP contribution in [0.3, 0.4) is 0 Å². The number of carbonyl (C=O) groups excluding carboxylic acids is 2. The van der Waals surface area contributed by atoms with Gasteiger partial charge in [0.05, 0.1) is 22.9 Å². The van der Waals surface area contributed by atoms with Gasteiger partial charge in [-0.15, -0.1) is 0 Å². The summed E-state index contributed by atoms with van der Waals surface area (Å²) in [4.78, 5) is 26.8. The Labute approximate surface area is 142 Å². The smallest absolute Gasteiger partial charge is 0.305 e. The second-order valence-electron chi connectivity index (χ2n) is 6.42. The highest BCUT2D eigenvalue weighted by Crippen LogP contribution is 2.45. The fourth-order valence-electron chi connectivity index (χ4n) is 3.77. The normalized spacial score (nSPS) is 27.7. The largest absolute Gasteiger partial charge is 0.416 e. The average molecular weight is 376 g/mol. The Morgan fingerprint density at radius 2 is 1.46 bits per heavy atom. The molecule has 2 fully saturated rings. The molecular weight excluding hydrogens is 366 g/mol. The average Bonchev–Trinajstić information content (AvgIpc) is 3.19. The van der Waals surface area contributed by atoms with Crippen LogP contribution in [0, 0.1) is 5.92 Å². The van der Waals surface area contributed by atoms with Crippen molar-refractivity contribution in [2.75, 3.05) is 4.90 Å². The fraction of sp³-hybridized carbons (Fsp3) is 0.375. The molecule has 3 atom stereocenters. The number of carbonyl (C=O) groups is 2. The van der Waals surface area contributed by atoms with Gasteiger partial charge in [-0.05, 0) is 24.6 Å². The quantitative estimate of drug-likeness (QED) is 0.425. The summed E-state index contributed by atoms with van der Waals surface area (Å²) in [5.74, 6) is -1.08. The fourth-order valence-corrected chi connectivity index (χ4v) is 3.77. The molecule has 0 saturated carbocycles. The van der Waals surface area contributed by atoms with Gasteiger partial charge in [0.1, 0.15) is 6.04 Å². The minimum atomic E-state index is -5.06. The van der Waals surface area contributed by atoms with Crippen LogP contribution in [0.15, 0.2) is 30.4 Å². The van der Waals surface area contributed by atoms with Crippen molar-refractivity contribution in [1.29, 1.82) is 0 Å². The standard InChI is InChI=1S/C16H10F6N2O2/c17-15(18,19)8-4-9(16(20,21)22)6-11(5-8)24-13(25)12-7-1-2-10(3-7)23(12)14(24)26/h1-2,4-7,10,12H,3H2/t7?,10?,12-/m1/s1. The van der Waals surface area contributed by atoms with E-state index in [0.717, 1.165) is 0 Å². The molecule has 2 heterocycles.